The number of Topliss-reactive ketones (excluding diaryl/α,β-unsaturated/α-hetero) is 1. The number of hydrogen-bond donors (Lipinski definition) is 1. The van der Waals surface area contributed by atoms with Crippen LogP contribution in [-0.2, 0) is 20.7 Å². The second kappa shape index (κ2) is 5.81. The van der Waals surface area contributed by atoms with Crippen molar-refractivity contribution in [1.29, 1.82) is 0 Å². The van der Waals surface area contributed by atoms with Gasteiger partial charge in [0.15, 0.2) is 11.2 Å². The zero-order chi connectivity index (χ0) is 15.6. The highest BCUT2D eigenvalue weighted by Crippen LogP contribution is 2.33. The first-order valence-electron chi connectivity index (χ1n) is 6.76. The first-order valence-corrected chi connectivity index (χ1v) is 6.76. The van der Waals surface area contributed by atoms with Crippen molar-refractivity contribution in [2.75, 3.05) is 20.3 Å². The van der Waals surface area contributed by atoms with Crippen LogP contribution in [0, 0.1) is 19.3 Å². The van der Waals surface area contributed by atoms with Gasteiger partial charge in [-0.15, -0.1) is 0 Å². The number of carbonyl (C=O) groups is 2. The van der Waals surface area contributed by atoms with E-state index in [0.29, 0.717) is 11.4 Å². The Balaban J connectivity index is 2.43. The van der Waals surface area contributed by atoms with Crippen LogP contribution in [0.1, 0.15) is 23.2 Å². The van der Waals surface area contributed by atoms with Gasteiger partial charge >= 0.3 is 5.97 Å². The molecule has 6 nitrogen and oxygen atoms in total. The molecule has 1 aromatic heterocycles. The minimum absolute atomic E-state index is 0.0175. The molecule has 0 amide bonds. The van der Waals surface area contributed by atoms with Crippen LogP contribution in [0.3, 0.4) is 0 Å². The molecule has 6 heteroatoms. The number of nitrogens with zero attached hydrogens (tertiary/aromatic N) is 1. The number of ether oxygens (including phenoxy) is 2. The average Bonchev–Trinajstić information content (AvgIpc) is 2.44. The quantitative estimate of drug-likeness (QED) is 0.842. The third kappa shape index (κ3) is 2.63. The van der Waals surface area contributed by atoms with Gasteiger partial charge in [0.05, 0.1) is 20.3 Å². The first-order chi connectivity index (χ1) is 9.92. The molecule has 0 saturated carbocycles. The van der Waals surface area contributed by atoms with Crippen LogP contribution in [0.25, 0.3) is 0 Å². The summed E-state index contributed by atoms with van der Waals surface area (Å²) < 4.78 is 10.6. The predicted octanol–water partition coefficient (Wildman–Crippen LogP) is 1.31. The molecule has 1 saturated heterocycles. The highest BCUT2D eigenvalue weighted by Gasteiger charge is 2.48. The van der Waals surface area contributed by atoms with E-state index in [1.165, 1.54) is 0 Å². The monoisotopic (exact) mass is 293 g/mol. The lowest BCUT2D eigenvalue weighted by Crippen LogP contribution is -2.49. The molecule has 2 heterocycles. The van der Waals surface area contributed by atoms with E-state index in [-0.39, 0.29) is 31.8 Å². The molecule has 0 radical (unpaired) electrons. The topological polar surface area (TPSA) is 85.7 Å². The van der Waals surface area contributed by atoms with Gasteiger partial charge in [-0.05, 0) is 13.8 Å². The summed E-state index contributed by atoms with van der Waals surface area (Å²) in [6.45, 7) is 3.85. The van der Waals surface area contributed by atoms with Crippen LogP contribution in [0.4, 0.5) is 0 Å². The third-order valence-corrected chi connectivity index (χ3v) is 3.98. The first kappa shape index (κ1) is 15.4. The number of pyridine rings is 1. The average molecular weight is 293 g/mol. The van der Waals surface area contributed by atoms with Crippen molar-refractivity contribution in [3.63, 3.8) is 0 Å². The van der Waals surface area contributed by atoms with E-state index < -0.39 is 11.4 Å². The maximum absolute atomic E-state index is 12.2. The van der Waals surface area contributed by atoms with Gasteiger partial charge in [0.1, 0.15) is 5.75 Å². The third-order valence-electron chi connectivity index (χ3n) is 3.98. The lowest BCUT2D eigenvalue weighted by molar-refractivity contribution is -0.164. The molecule has 1 atom stereocenters. The Kier molecular flexibility index (Phi) is 4.27. The fourth-order valence-electron chi connectivity index (χ4n) is 2.67. The summed E-state index contributed by atoms with van der Waals surface area (Å²) >= 11 is 0. The summed E-state index contributed by atoms with van der Waals surface area (Å²) in [6.07, 6.45) is 1.77. The van der Waals surface area contributed by atoms with E-state index in [9.17, 15) is 14.7 Å². The summed E-state index contributed by atoms with van der Waals surface area (Å²) in [6, 6.07) is 0. The van der Waals surface area contributed by atoms with Gasteiger partial charge in [0.2, 0.25) is 0 Å². The Morgan fingerprint density at radius 2 is 2.24 bits per heavy atom. The highest BCUT2D eigenvalue weighted by atomic mass is 16.5. The summed E-state index contributed by atoms with van der Waals surface area (Å²) in [5.41, 5.74) is 0.639. The lowest BCUT2D eigenvalue weighted by atomic mass is 9.76. The molecule has 1 N–H and O–H groups in total. The van der Waals surface area contributed by atoms with Crippen molar-refractivity contribution in [3.05, 3.63) is 23.0 Å². The number of aliphatic carboxylic acids is 1. The number of carbonyl (C=O) groups excluding carboxylic acids is 1. The zero-order valence-corrected chi connectivity index (χ0v) is 12.4. The highest BCUT2D eigenvalue weighted by molar-refractivity contribution is 6.04. The summed E-state index contributed by atoms with van der Waals surface area (Å²) in [5, 5.41) is 9.53. The molecule has 1 aliphatic heterocycles. The van der Waals surface area contributed by atoms with Crippen molar-refractivity contribution < 1.29 is 24.2 Å². The van der Waals surface area contributed by atoms with Gasteiger partial charge in [0, 0.05) is 35.9 Å². The number of rotatable bonds is 4. The molecule has 1 aliphatic rings. The number of ketones is 1. The van der Waals surface area contributed by atoms with Crippen LogP contribution in [0.15, 0.2) is 6.20 Å². The number of carboxylic acid groups (broad SMARTS) is 1. The van der Waals surface area contributed by atoms with E-state index in [0.717, 1.165) is 11.1 Å². The van der Waals surface area contributed by atoms with Gasteiger partial charge in [-0.1, -0.05) is 0 Å². The van der Waals surface area contributed by atoms with Crippen molar-refractivity contribution >= 4 is 11.8 Å². The molecular formula is C15H19NO5. The van der Waals surface area contributed by atoms with Gasteiger partial charge in [-0.2, -0.15) is 0 Å². The summed E-state index contributed by atoms with van der Waals surface area (Å²) in [5.74, 6) is -0.792. The fraction of sp³-hybridized carbons (Fsp3) is 0.533. The van der Waals surface area contributed by atoms with E-state index >= 15 is 0 Å². The van der Waals surface area contributed by atoms with Gasteiger partial charge in [-0.3, -0.25) is 14.6 Å². The van der Waals surface area contributed by atoms with Crippen molar-refractivity contribution in [2.45, 2.75) is 26.7 Å². The van der Waals surface area contributed by atoms with Crippen LogP contribution in [0.5, 0.6) is 5.75 Å². The Bertz CT molecular complexity index is 584. The normalized spacial score (nSPS) is 22.1. The maximum atomic E-state index is 12.2. The smallest absolute Gasteiger partial charge is 0.319 e. The molecule has 0 spiro atoms. The predicted molar refractivity (Wildman–Crippen MR) is 74.5 cm³/mol. The molecule has 1 unspecified atom stereocenters. The van der Waals surface area contributed by atoms with E-state index in [1.807, 2.05) is 13.8 Å². The minimum atomic E-state index is -1.55. The lowest BCUT2D eigenvalue weighted by Gasteiger charge is -2.31. The second-order valence-corrected chi connectivity index (χ2v) is 5.34. The Labute approximate surface area is 123 Å². The molecule has 0 aromatic carbocycles. The van der Waals surface area contributed by atoms with E-state index in [4.69, 9.17) is 9.47 Å². The number of hydrogen-bond acceptors (Lipinski definition) is 5. The molecule has 114 valence electrons. The molecule has 21 heavy (non-hydrogen) atoms. The molecular weight excluding hydrogens is 274 g/mol. The van der Waals surface area contributed by atoms with Crippen molar-refractivity contribution in [1.82, 2.24) is 4.98 Å². The Hall–Kier alpha value is -1.95. The van der Waals surface area contributed by atoms with Crippen LogP contribution in [0.2, 0.25) is 0 Å². The fourth-order valence-corrected chi connectivity index (χ4v) is 2.67. The summed E-state index contributed by atoms with van der Waals surface area (Å²) in [4.78, 5) is 28.1. The van der Waals surface area contributed by atoms with E-state index in [2.05, 4.69) is 4.98 Å². The maximum Gasteiger partial charge on any atom is 0.319 e. The molecule has 0 bridgehead atoms. The summed E-state index contributed by atoms with van der Waals surface area (Å²) in [7, 11) is 1.56. The van der Waals surface area contributed by atoms with E-state index in [1.54, 1.807) is 13.3 Å². The largest absolute Gasteiger partial charge is 0.496 e. The van der Waals surface area contributed by atoms with Gasteiger partial charge in [0.25, 0.3) is 0 Å². The standard InChI is InChI=1S/C15H19NO5/c1-9-7-16-11(10(2)13(9)20-3)6-15(14(18)19)8-21-5-4-12(15)17/h7H,4-6,8H2,1-3H3,(H,18,19). The second-order valence-electron chi connectivity index (χ2n) is 5.34. The van der Waals surface area contributed by atoms with Crippen molar-refractivity contribution in [3.8, 4) is 5.75 Å². The zero-order valence-electron chi connectivity index (χ0n) is 12.4. The number of methoxy groups -OCH3 is 1. The molecule has 1 aromatic rings. The Morgan fingerprint density at radius 1 is 1.52 bits per heavy atom. The van der Waals surface area contributed by atoms with Crippen LogP contribution < -0.4 is 4.74 Å². The number of aromatic nitrogens is 1. The van der Waals surface area contributed by atoms with Crippen molar-refractivity contribution in [2.24, 2.45) is 5.41 Å². The molecule has 0 aliphatic carbocycles. The minimum Gasteiger partial charge on any atom is -0.496 e. The van der Waals surface area contributed by atoms with Crippen LogP contribution in [-0.4, -0.2) is 42.2 Å². The number of aryl methyl sites for hydroxylation is 1. The number of carboxylic acids is 1. The van der Waals surface area contributed by atoms with Gasteiger partial charge in [-0.25, -0.2) is 0 Å². The SMILES string of the molecule is COc1c(C)cnc(CC2(C(=O)O)COCCC2=O)c1C. The van der Waals surface area contributed by atoms with Gasteiger partial charge < -0.3 is 14.6 Å². The Morgan fingerprint density at radius 3 is 2.81 bits per heavy atom. The van der Waals surface area contributed by atoms with Crippen LogP contribution >= 0.6 is 0 Å². The molecule has 2 rings (SSSR count). The molecule has 1 fully saturated rings.